The molecule has 0 amide bonds. The molecule has 0 saturated heterocycles. The molecule has 0 aliphatic rings. The second-order valence-electron chi connectivity index (χ2n) is 11.6. The summed E-state index contributed by atoms with van der Waals surface area (Å²) in [5.41, 5.74) is 1.28. The molecule has 1 aromatic rings. The van der Waals surface area contributed by atoms with E-state index in [1.54, 1.807) is 0 Å². The lowest BCUT2D eigenvalue weighted by molar-refractivity contribution is -0.929. The van der Waals surface area contributed by atoms with Crippen molar-refractivity contribution in [2.24, 2.45) is 0 Å². The van der Waals surface area contributed by atoms with Crippen molar-refractivity contribution in [2.75, 3.05) is 32.8 Å². The molecule has 2 heteroatoms. The summed E-state index contributed by atoms with van der Waals surface area (Å²) in [5, 5.41) is 0. The molecule has 0 atom stereocenters. The lowest BCUT2D eigenvalue weighted by Gasteiger charge is -2.39. The van der Waals surface area contributed by atoms with Crippen LogP contribution in [0.3, 0.4) is 0 Å². The first kappa shape index (κ1) is 33.0. The van der Waals surface area contributed by atoms with Crippen LogP contribution in [0.4, 0.5) is 0 Å². The van der Waals surface area contributed by atoms with Crippen molar-refractivity contribution < 1.29 is 9.22 Å². The highest BCUT2D eigenvalue weighted by molar-refractivity contribution is 5.27. The van der Waals surface area contributed by atoms with Gasteiger partial charge in [-0.05, 0) is 63.1 Å². The number of benzene rings is 1. The molecule has 0 N–H and O–H groups in total. The largest absolute Gasteiger partial charge is 0.493 e. The van der Waals surface area contributed by atoms with Crippen LogP contribution in [0.2, 0.25) is 0 Å². The Balaban J connectivity index is 2.67. The Morgan fingerprint density at radius 2 is 0.944 bits per heavy atom. The van der Waals surface area contributed by atoms with Crippen LogP contribution in [0.25, 0.3) is 0 Å². The molecule has 0 fully saturated rings. The van der Waals surface area contributed by atoms with Crippen molar-refractivity contribution in [3.63, 3.8) is 0 Å². The third kappa shape index (κ3) is 17.4. The van der Waals surface area contributed by atoms with Crippen LogP contribution in [-0.4, -0.2) is 37.3 Å². The number of nitrogens with zero attached hydrogens (tertiary/aromatic N) is 1. The van der Waals surface area contributed by atoms with Crippen LogP contribution < -0.4 is 4.74 Å². The molecule has 0 aromatic heterocycles. The van der Waals surface area contributed by atoms with Crippen LogP contribution in [0.1, 0.15) is 148 Å². The second kappa shape index (κ2) is 23.1. The molecule has 1 aromatic carbocycles. The van der Waals surface area contributed by atoms with Crippen molar-refractivity contribution in [3.8, 4) is 5.75 Å². The summed E-state index contributed by atoms with van der Waals surface area (Å²) in [4.78, 5) is 0. The minimum atomic E-state index is 0.854. The summed E-state index contributed by atoms with van der Waals surface area (Å²) < 4.78 is 7.54. The highest BCUT2D eigenvalue weighted by atomic mass is 16.5. The van der Waals surface area contributed by atoms with Gasteiger partial charge in [-0.3, -0.25) is 0 Å². The van der Waals surface area contributed by atoms with Crippen molar-refractivity contribution in [3.05, 3.63) is 29.8 Å². The van der Waals surface area contributed by atoms with Gasteiger partial charge in [-0.25, -0.2) is 0 Å². The molecule has 0 aliphatic heterocycles. The monoisotopic (exact) mass is 502 g/mol. The molecule has 0 saturated carbocycles. The number of hydrogen-bond acceptors (Lipinski definition) is 1. The Labute approximate surface area is 227 Å². The third-order valence-electron chi connectivity index (χ3n) is 7.99. The highest BCUT2D eigenvalue weighted by Gasteiger charge is 2.26. The normalized spacial score (nSPS) is 11.8. The molecule has 2 nitrogen and oxygen atoms in total. The van der Waals surface area contributed by atoms with Gasteiger partial charge in [0.1, 0.15) is 5.75 Å². The number of aryl methyl sites for hydroxylation is 1. The van der Waals surface area contributed by atoms with Crippen molar-refractivity contribution in [2.45, 2.75) is 150 Å². The minimum Gasteiger partial charge on any atom is -0.493 e. The van der Waals surface area contributed by atoms with E-state index in [4.69, 9.17) is 4.74 Å². The van der Waals surface area contributed by atoms with Gasteiger partial charge < -0.3 is 9.22 Å². The van der Waals surface area contributed by atoms with Gasteiger partial charge in [-0.15, -0.1) is 0 Å². The summed E-state index contributed by atoms with van der Waals surface area (Å²) in [5.74, 6) is 1.04. The molecule has 1 rings (SSSR count). The quantitative estimate of drug-likeness (QED) is 0.0904. The van der Waals surface area contributed by atoms with E-state index in [1.807, 2.05) is 0 Å². The van der Waals surface area contributed by atoms with Gasteiger partial charge in [0.05, 0.1) is 32.8 Å². The Hall–Kier alpha value is -1.02. The van der Waals surface area contributed by atoms with Gasteiger partial charge in [0.2, 0.25) is 0 Å². The summed E-state index contributed by atoms with van der Waals surface area (Å²) in [7, 11) is 0. The van der Waals surface area contributed by atoms with Gasteiger partial charge in [0.15, 0.2) is 0 Å². The Morgan fingerprint density at radius 1 is 0.528 bits per heavy atom. The first-order chi connectivity index (χ1) is 17.7. The fourth-order valence-corrected chi connectivity index (χ4v) is 5.65. The minimum absolute atomic E-state index is 0.854. The predicted octanol–water partition coefficient (Wildman–Crippen LogP) is 10.7. The smallest absolute Gasteiger partial charge is 0.119 e. The molecule has 0 unspecified atom stereocenters. The van der Waals surface area contributed by atoms with Crippen LogP contribution in [-0.2, 0) is 0 Å². The molecule has 0 spiro atoms. The highest BCUT2D eigenvalue weighted by Crippen LogP contribution is 2.20. The molecule has 0 bridgehead atoms. The first-order valence-corrected chi connectivity index (χ1v) is 16.2. The number of quaternary nitrogens is 1. The van der Waals surface area contributed by atoms with E-state index >= 15 is 0 Å². The number of rotatable bonds is 26. The molecule has 36 heavy (non-hydrogen) atoms. The van der Waals surface area contributed by atoms with Crippen LogP contribution in [0.5, 0.6) is 5.75 Å². The summed E-state index contributed by atoms with van der Waals surface area (Å²) >= 11 is 0. The van der Waals surface area contributed by atoms with E-state index in [0.717, 1.165) is 12.4 Å². The van der Waals surface area contributed by atoms with E-state index in [-0.39, 0.29) is 0 Å². The standard InChI is InChI=1S/C34H64NO/c1-5-8-11-14-17-20-27-35(28-21-18-15-12-9-6-2,29-22-19-16-13-10-7-3)30-24-31-36-34-26-23-25-33(4)32-34/h23,25-26,32H,5-22,24,27-31H2,1-4H3/q+1. The lowest BCUT2D eigenvalue weighted by atomic mass is 10.1. The zero-order valence-corrected chi connectivity index (χ0v) is 25.1. The van der Waals surface area contributed by atoms with Gasteiger partial charge in [-0.2, -0.15) is 0 Å². The van der Waals surface area contributed by atoms with Crippen molar-refractivity contribution in [1.82, 2.24) is 0 Å². The third-order valence-corrected chi connectivity index (χ3v) is 7.99. The van der Waals surface area contributed by atoms with Gasteiger partial charge in [-0.1, -0.05) is 110 Å². The van der Waals surface area contributed by atoms with Crippen LogP contribution in [0, 0.1) is 6.92 Å². The summed E-state index contributed by atoms with van der Waals surface area (Å²) in [6.45, 7) is 15.4. The average molecular weight is 503 g/mol. The van der Waals surface area contributed by atoms with Gasteiger partial charge >= 0.3 is 0 Å². The van der Waals surface area contributed by atoms with Crippen LogP contribution in [0.15, 0.2) is 24.3 Å². The van der Waals surface area contributed by atoms with Gasteiger partial charge in [0, 0.05) is 6.42 Å². The van der Waals surface area contributed by atoms with Crippen molar-refractivity contribution in [1.29, 1.82) is 0 Å². The average Bonchev–Trinajstić information content (AvgIpc) is 2.88. The fourth-order valence-electron chi connectivity index (χ4n) is 5.65. The molecule has 0 heterocycles. The molecular weight excluding hydrogens is 438 g/mol. The maximum absolute atomic E-state index is 6.18. The SMILES string of the molecule is CCCCCCCC[N+](CCCCCCCC)(CCCCCCCC)CCCOc1cccc(C)c1. The maximum atomic E-state index is 6.18. The second-order valence-corrected chi connectivity index (χ2v) is 11.6. The molecule has 210 valence electrons. The molecule has 0 aliphatic carbocycles. The Morgan fingerprint density at radius 3 is 1.39 bits per heavy atom. The lowest BCUT2D eigenvalue weighted by Crippen LogP contribution is -2.51. The van der Waals surface area contributed by atoms with Crippen LogP contribution >= 0.6 is 0 Å². The zero-order valence-electron chi connectivity index (χ0n) is 25.1. The summed E-state index contributed by atoms with van der Waals surface area (Å²) in [6, 6.07) is 8.54. The first-order valence-electron chi connectivity index (χ1n) is 16.2. The van der Waals surface area contributed by atoms with E-state index in [2.05, 4.69) is 52.0 Å². The van der Waals surface area contributed by atoms with E-state index in [1.165, 1.54) is 158 Å². The zero-order chi connectivity index (χ0) is 26.2. The summed E-state index contributed by atoms with van der Waals surface area (Å²) in [6.07, 6.45) is 26.5. The van der Waals surface area contributed by atoms with E-state index in [9.17, 15) is 0 Å². The molecular formula is C34H64NO+. The fraction of sp³-hybridized carbons (Fsp3) is 0.824. The predicted molar refractivity (Wildman–Crippen MR) is 161 cm³/mol. The topological polar surface area (TPSA) is 9.23 Å². The van der Waals surface area contributed by atoms with E-state index in [0.29, 0.717) is 0 Å². The van der Waals surface area contributed by atoms with Gasteiger partial charge in [0.25, 0.3) is 0 Å². The van der Waals surface area contributed by atoms with E-state index < -0.39 is 0 Å². The maximum Gasteiger partial charge on any atom is 0.119 e. The number of hydrogen-bond donors (Lipinski definition) is 0. The van der Waals surface area contributed by atoms with Crippen molar-refractivity contribution >= 4 is 0 Å². The Bertz CT molecular complexity index is 558. The number of unbranched alkanes of at least 4 members (excludes halogenated alkanes) is 15. The Kier molecular flexibility index (Phi) is 21.2. The number of ether oxygens (including phenoxy) is 1. The molecule has 0 radical (unpaired) electrons.